The van der Waals surface area contributed by atoms with E-state index in [1.165, 1.54) is 42.5 Å². The van der Waals surface area contributed by atoms with E-state index in [0.29, 0.717) is 11.1 Å². The van der Waals surface area contributed by atoms with Crippen LogP contribution >= 0.6 is 0 Å². The third-order valence-corrected chi connectivity index (χ3v) is 9.43. The van der Waals surface area contributed by atoms with Crippen LogP contribution in [0, 0.1) is 0 Å². The summed E-state index contributed by atoms with van der Waals surface area (Å²) in [6.45, 7) is -2.64. The zero-order valence-electron chi connectivity index (χ0n) is 33.2. The fourth-order valence-corrected chi connectivity index (χ4v) is 5.27. The highest BCUT2D eigenvalue weighted by atomic mass is 19.4. The van der Waals surface area contributed by atoms with Crippen molar-refractivity contribution in [3.63, 3.8) is 0 Å². The Balaban J connectivity index is 2.26. The maximum atomic E-state index is 14.4. The van der Waals surface area contributed by atoms with Gasteiger partial charge in [-0.2, -0.15) is 110 Å². The Bertz CT molecular complexity index is 1940. The molecule has 0 radical (unpaired) electrons. The first-order valence-electron chi connectivity index (χ1n) is 18.4. The number of ether oxygens (including phenoxy) is 3. The minimum atomic E-state index is -9.64. The van der Waals surface area contributed by atoms with Crippen molar-refractivity contribution in [2.45, 2.75) is 116 Å². The Morgan fingerprint density at radius 2 is 0.750 bits per heavy atom. The number of alkyl halides is 25. The number of unbranched alkanes of at least 4 members (excludes halogenated alkanes) is 3. The highest BCUT2D eigenvalue weighted by Crippen LogP contribution is 2.68. The Labute approximate surface area is 364 Å². The molecule has 2 aromatic carbocycles. The fraction of sp³-hybridized carbons (Fsp3) is 0.667. The van der Waals surface area contributed by atoms with Gasteiger partial charge in [-0.05, 0) is 48.2 Å². The van der Waals surface area contributed by atoms with Crippen LogP contribution in [0.2, 0.25) is 0 Å². The molecule has 0 aromatic heterocycles. The van der Waals surface area contributed by atoms with Crippen molar-refractivity contribution in [1.29, 1.82) is 0 Å². The first kappa shape index (κ1) is 60.1. The predicted octanol–water partition coefficient (Wildman–Crippen LogP) is 10.7. The van der Waals surface area contributed by atoms with Gasteiger partial charge < -0.3 is 34.6 Å². The third-order valence-electron chi connectivity index (χ3n) is 9.43. The maximum Gasteiger partial charge on any atom is 0.460 e. The lowest BCUT2D eigenvalue weighted by atomic mass is 9.84. The molecule has 2 unspecified atom stereocenters. The number of halogens is 25. The molecule has 0 bridgehead atoms. The average molecular weight is 1050 g/mol. The quantitative estimate of drug-likeness (QED) is 0.0521. The second-order valence-corrected chi connectivity index (χ2v) is 14.4. The molecule has 2 rings (SSSR count). The molecule has 2 atom stereocenters. The van der Waals surface area contributed by atoms with Crippen LogP contribution < -0.4 is 14.2 Å². The van der Waals surface area contributed by atoms with Crippen molar-refractivity contribution in [2.75, 3.05) is 33.0 Å². The van der Waals surface area contributed by atoms with Crippen molar-refractivity contribution in [3.8, 4) is 28.4 Å². The van der Waals surface area contributed by atoms with E-state index in [0.717, 1.165) is 0 Å². The number of hydrogen-bond donors (Lipinski definition) is 4. The fourth-order valence-electron chi connectivity index (χ4n) is 5.27. The molecular weight excluding hydrogens is 1020 g/mol. The second kappa shape index (κ2) is 20.3. The lowest BCUT2D eigenvalue weighted by molar-refractivity contribution is -0.482. The van der Waals surface area contributed by atoms with Gasteiger partial charge in [-0.15, -0.1) is 0 Å². The molecule has 4 N–H and O–H groups in total. The minimum absolute atomic E-state index is 0.107. The molecule has 2 aromatic rings. The van der Waals surface area contributed by atoms with Gasteiger partial charge in [-0.1, -0.05) is 31.0 Å². The Hall–Kier alpha value is -4.07. The van der Waals surface area contributed by atoms with Gasteiger partial charge in [0, 0.05) is 6.42 Å². The molecule has 0 spiro atoms. The minimum Gasteiger partial charge on any atom is -0.491 e. The van der Waals surface area contributed by atoms with Crippen LogP contribution in [0.5, 0.6) is 17.2 Å². The van der Waals surface area contributed by atoms with Crippen LogP contribution in [0.4, 0.5) is 110 Å². The van der Waals surface area contributed by atoms with E-state index in [1.807, 2.05) is 0 Å². The summed E-state index contributed by atoms with van der Waals surface area (Å²) in [4.78, 5) is 0. The van der Waals surface area contributed by atoms with Gasteiger partial charge in [-0.25, -0.2) is 0 Å². The van der Waals surface area contributed by atoms with Crippen LogP contribution in [0.15, 0.2) is 42.5 Å². The Morgan fingerprint density at radius 3 is 1.16 bits per heavy atom. The number of aliphatic hydroxyl groups excluding tert-OH is 4. The molecule has 394 valence electrons. The Morgan fingerprint density at radius 1 is 0.382 bits per heavy atom. The van der Waals surface area contributed by atoms with E-state index < -0.39 is 136 Å². The molecule has 7 nitrogen and oxygen atoms in total. The van der Waals surface area contributed by atoms with E-state index in [9.17, 15) is 120 Å². The zero-order valence-corrected chi connectivity index (χ0v) is 33.2. The first-order valence-corrected chi connectivity index (χ1v) is 18.4. The van der Waals surface area contributed by atoms with E-state index in [4.69, 9.17) is 24.4 Å². The summed E-state index contributed by atoms with van der Waals surface area (Å²) in [6.07, 6.45) is -16.8. The molecule has 0 heterocycles. The molecule has 0 saturated carbocycles. The lowest BCUT2D eigenvalue weighted by Crippen LogP contribution is -2.78. The summed E-state index contributed by atoms with van der Waals surface area (Å²) in [5.41, 5.74) is 0.851. The summed E-state index contributed by atoms with van der Waals surface area (Å²) < 4.78 is 360. The van der Waals surface area contributed by atoms with Crippen LogP contribution in [-0.4, -0.2) is 137 Å². The summed E-state index contributed by atoms with van der Waals surface area (Å²) in [5.74, 6) is -98.7. The van der Waals surface area contributed by atoms with E-state index in [1.54, 1.807) is 0 Å². The zero-order chi connectivity index (χ0) is 53.2. The highest BCUT2D eigenvalue weighted by Gasteiger charge is 2.99. The average Bonchev–Trinajstić information content (AvgIpc) is 3.23. The largest absolute Gasteiger partial charge is 0.491 e. The molecule has 32 heteroatoms. The first-order chi connectivity index (χ1) is 30.5. The van der Waals surface area contributed by atoms with Gasteiger partial charge in [0.1, 0.15) is 31.2 Å². The van der Waals surface area contributed by atoms with E-state index in [-0.39, 0.29) is 30.3 Å². The van der Waals surface area contributed by atoms with Crippen molar-refractivity contribution in [2.24, 2.45) is 0 Å². The second-order valence-electron chi connectivity index (χ2n) is 14.4. The van der Waals surface area contributed by atoms with E-state index in [2.05, 4.69) is 0 Å². The van der Waals surface area contributed by atoms with Gasteiger partial charge in [0.2, 0.25) is 0 Å². The van der Waals surface area contributed by atoms with E-state index >= 15 is 0 Å². The summed E-state index contributed by atoms with van der Waals surface area (Å²) in [7, 11) is 0. The predicted molar refractivity (Wildman–Crippen MR) is 178 cm³/mol. The number of aliphatic hydroxyl groups is 4. The normalized spacial score (nSPS) is 15.6. The van der Waals surface area contributed by atoms with Crippen molar-refractivity contribution < 1.29 is 144 Å². The van der Waals surface area contributed by atoms with Gasteiger partial charge in [0.05, 0.1) is 19.8 Å². The molecule has 0 aliphatic heterocycles. The van der Waals surface area contributed by atoms with Gasteiger partial charge >= 0.3 is 71.3 Å². The maximum absolute atomic E-state index is 14.4. The van der Waals surface area contributed by atoms with Crippen LogP contribution in [0.3, 0.4) is 0 Å². The van der Waals surface area contributed by atoms with Gasteiger partial charge in [-0.3, -0.25) is 0 Å². The smallest absolute Gasteiger partial charge is 0.460 e. The molecule has 68 heavy (non-hydrogen) atoms. The van der Waals surface area contributed by atoms with Gasteiger partial charge in [0.15, 0.2) is 11.5 Å². The SMILES string of the molecule is OCC(O)COc1ccc(-c2ccc(OCC(O)CO)c(OCCCCCCC(F)(F)C(F)(F)C(F)(F)C(F)(F)C(F)(F)C(F)(F)C(F)(F)C(F)(F)C(F)(F)C(F)(F)C(F)(F)C(F)(F)F)c2)cc1. The van der Waals surface area contributed by atoms with Crippen molar-refractivity contribution in [3.05, 3.63) is 42.5 Å². The summed E-state index contributed by atoms with van der Waals surface area (Å²) >= 11 is 0. The standard InChI is InChI=1S/C36H33F25O7/c37-25(38,11-3-1-2-4-12-66-24-13-19(7-10-23(24)68-17-21(65)15-63)18-5-8-22(9-6-18)67-16-20(64)14-62)26(39,40)27(41,42)28(43,44)29(45,46)30(47,48)31(49,50)32(51,52)33(53,54)34(55,56)35(57,58)36(59,60)61/h5-10,13,20-21,62-65H,1-4,11-12,14-17H2. The molecule has 0 amide bonds. The molecular formula is C36H33F25O7. The number of hydrogen-bond acceptors (Lipinski definition) is 7. The number of benzene rings is 2. The molecule has 0 fully saturated rings. The summed E-state index contributed by atoms with van der Waals surface area (Å²) in [6, 6.07) is 9.97. The van der Waals surface area contributed by atoms with Gasteiger partial charge in [0.25, 0.3) is 0 Å². The third kappa shape index (κ3) is 10.6. The molecule has 0 aliphatic rings. The lowest BCUT2D eigenvalue weighted by Gasteiger charge is -2.45. The van der Waals surface area contributed by atoms with Crippen LogP contribution in [0.1, 0.15) is 32.1 Å². The molecule has 0 aliphatic carbocycles. The number of rotatable bonds is 27. The molecule has 0 saturated heterocycles. The van der Waals surface area contributed by atoms with Crippen LogP contribution in [0.25, 0.3) is 11.1 Å². The summed E-state index contributed by atoms with van der Waals surface area (Å²) in [5, 5.41) is 37.0. The highest BCUT2D eigenvalue weighted by molar-refractivity contribution is 5.67. The Kier molecular flexibility index (Phi) is 18.0. The van der Waals surface area contributed by atoms with Crippen LogP contribution in [-0.2, 0) is 0 Å². The topological polar surface area (TPSA) is 109 Å². The van der Waals surface area contributed by atoms with Crippen molar-refractivity contribution in [1.82, 2.24) is 0 Å². The monoisotopic (exact) mass is 1050 g/mol. The van der Waals surface area contributed by atoms with Crippen molar-refractivity contribution >= 4 is 0 Å².